The molecule has 0 atom stereocenters. The van der Waals surface area contributed by atoms with Gasteiger partial charge in [-0.1, -0.05) is 37.3 Å². The second-order valence-corrected chi connectivity index (χ2v) is 5.90. The highest BCUT2D eigenvalue weighted by Gasteiger charge is 2.15. The first-order valence-corrected chi connectivity index (χ1v) is 8.54. The quantitative estimate of drug-likeness (QED) is 0.736. The molecule has 2 amide bonds. The molecule has 0 heterocycles. The maximum absolute atomic E-state index is 13.1. The number of hydrogen-bond donors (Lipinski definition) is 1. The molecule has 0 aromatic heterocycles. The second-order valence-electron chi connectivity index (χ2n) is 5.90. The summed E-state index contributed by atoms with van der Waals surface area (Å²) < 4.78 is 13.1. The van der Waals surface area contributed by atoms with E-state index in [0.29, 0.717) is 19.5 Å². The summed E-state index contributed by atoms with van der Waals surface area (Å²) in [5.74, 6) is -0.405. The van der Waals surface area contributed by atoms with Crippen molar-refractivity contribution in [1.82, 2.24) is 5.32 Å². The van der Waals surface area contributed by atoms with Crippen LogP contribution in [0.15, 0.2) is 61.2 Å². The van der Waals surface area contributed by atoms with Gasteiger partial charge in [-0.05, 0) is 35.4 Å². The van der Waals surface area contributed by atoms with Crippen LogP contribution in [-0.2, 0) is 22.6 Å². The molecule has 2 rings (SSSR count). The number of anilines is 1. The van der Waals surface area contributed by atoms with Gasteiger partial charge in [0.1, 0.15) is 5.82 Å². The van der Waals surface area contributed by atoms with Gasteiger partial charge in [0, 0.05) is 18.7 Å². The van der Waals surface area contributed by atoms with Crippen LogP contribution in [0.3, 0.4) is 0 Å². The first-order valence-electron chi connectivity index (χ1n) is 8.54. The Labute approximate surface area is 153 Å². The Morgan fingerprint density at radius 3 is 2.27 bits per heavy atom. The smallest absolute Gasteiger partial charge is 0.227 e. The van der Waals surface area contributed by atoms with E-state index < -0.39 is 0 Å². The highest BCUT2D eigenvalue weighted by Crippen LogP contribution is 2.20. The molecule has 0 aliphatic carbocycles. The summed E-state index contributed by atoms with van der Waals surface area (Å²) in [6.45, 7) is 6.17. The summed E-state index contributed by atoms with van der Waals surface area (Å²) in [4.78, 5) is 25.8. The minimum atomic E-state index is -0.304. The maximum atomic E-state index is 13.1. The van der Waals surface area contributed by atoms with Crippen molar-refractivity contribution in [2.75, 3.05) is 11.4 Å². The summed E-state index contributed by atoms with van der Waals surface area (Å²) in [6.07, 6.45) is 2.27. The van der Waals surface area contributed by atoms with Crippen LogP contribution >= 0.6 is 0 Å². The molecule has 0 bridgehead atoms. The minimum Gasteiger partial charge on any atom is -0.352 e. The third kappa shape index (κ3) is 5.55. The summed E-state index contributed by atoms with van der Waals surface area (Å²) in [7, 11) is 0. The molecular weight excluding hydrogens is 331 g/mol. The lowest BCUT2D eigenvalue weighted by Gasteiger charge is -2.23. The van der Waals surface area contributed by atoms with Gasteiger partial charge in [0.15, 0.2) is 0 Å². The fourth-order valence-electron chi connectivity index (χ4n) is 2.51. The molecule has 5 heteroatoms. The number of hydrogen-bond acceptors (Lipinski definition) is 2. The van der Waals surface area contributed by atoms with Gasteiger partial charge in [0.25, 0.3) is 0 Å². The van der Waals surface area contributed by atoms with Gasteiger partial charge in [-0.25, -0.2) is 4.39 Å². The van der Waals surface area contributed by atoms with E-state index in [1.54, 1.807) is 30.0 Å². The zero-order chi connectivity index (χ0) is 18.9. The molecule has 136 valence electrons. The van der Waals surface area contributed by atoms with Crippen molar-refractivity contribution in [3.8, 4) is 0 Å². The fraction of sp³-hybridized carbons (Fsp3) is 0.238. The van der Waals surface area contributed by atoms with Gasteiger partial charge in [0.2, 0.25) is 11.8 Å². The molecular formula is C21H23FN2O2. The predicted molar refractivity (Wildman–Crippen MR) is 101 cm³/mol. The third-order valence-corrected chi connectivity index (χ3v) is 3.91. The van der Waals surface area contributed by atoms with Crippen molar-refractivity contribution >= 4 is 17.5 Å². The fourth-order valence-corrected chi connectivity index (χ4v) is 2.51. The van der Waals surface area contributed by atoms with E-state index in [2.05, 4.69) is 11.9 Å². The Morgan fingerprint density at radius 2 is 1.69 bits per heavy atom. The average molecular weight is 354 g/mol. The van der Waals surface area contributed by atoms with Crippen molar-refractivity contribution in [1.29, 1.82) is 0 Å². The Kier molecular flexibility index (Phi) is 7.09. The van der Waals surface area contributed by atoms with Gasteiger partial charge in [0.05, 0.1) is 13.0 Å². The van der Waals surface area contributed by atoms with Crippen molar-refractivity contribution in [2.24, 2.45) is 0 Å². The number of nitrogens with zero attached hydrogens (tertiary/aromatic N) is 1. The van der Waals surface area contributed by atoms with Crippen molar-refractivity contribution < 1.29 is 14.0 Å². The number of halogens is 1. The lowest BCUT2D eigenvalue weighted by Crippen LogP contribution is -2.29. The zero-order valence-corrected chi connectivity index (χ0v) is 14.9. The van der Waals surface area contributed by atoms with Gasteiger partial charge in [-0.2, -0.15) is 0 Å². The van der Waals surface area contributed by atoms with E-state index in [-0.39, 0.29) is 24.1 Å². The van der Waals surface area contributed by atoms with Crippen molar-refractivity contribution in [2.45, 2.75) is 26.3 Å². The summed E-state index contributed by atoms with van der Waals surface area (Å²) in [5, 5.41) is 2.73. The van der Waals surface area contributed by atoms with Crippen molar-refractivity contribution in [3.63, 3.8) is 0 Å². The Balaban J connectivity index is 2.12. The third-order valence-electron chi connectivity index (χ3n) is 3.91. The molecule has 4 nitrogen and oxygen atoms in total. The molecule has 2 aromatic rings. The maximum Gasteiger partial charge on any atom is 0.227 e. The van der Waals surface area contributed by atoms with E-state index >= 15 is 0 Å². The molecule has 0 radical (unpaired) electrons. The van der Waals surface area contributed by atoms with Gasteiger partial charge in [-0.15, -0.1) is 6.58 Å². The molecule has 0 unspecified atom stereocenters. The Hall–Kier alpha value is -2.95. The molecule has 1 N–H and O–H groups in total. The molecule has 0 spiro atoms. The molecule has 0 saturated heterocycles. The van der Waals surface area contributed by atoms with Crippen LogP contribution in [0.1, 0.15) is 24.5 Å². The van der Waals surface area contributed by atoms with Crippen LogP contribution < -0.4 is 10.2 Å². The number of rotatable bonds is 8. The summed E-state index contributed by atoms with van der Waals surface area (Å²) in [5.41, 5.74) is 2.46. The van der Waals surface area contributed by atoms with Crippen LogP contribution in [-0.4, -0.2) is 18.4 Å². The van der Waals surface area contributed by atoms with E-state index in [9.17, 15) is 14.0 Å². The zero-order valence-electron chi connectivity index (χ0n) is 14.9. The standard InChI is InChI=1S/C21H23FN2O2/c1-3-13-23-20(25)14-16-7-11-19(12-8-16)24(21(26)4-2)15-17-5-9-18(22)10-6-17/h3,5-12H,1,4,13-15H2,2H3,(H,23,25). The first-order chi connectivity index (χ1) is 12.5. The number of nitrogens with one attached hydrogen (secondary N) is 1. The van der Waals surface area contributed by atoms with Crippen LogP contribution in [0.4, 0.5) is 10.1 Å². The molecule has 0 saturated carbocycles. The molecule has 0 aliphatic heterocycles. The lowest BCUT2D eigenvalue weighted by atomic mass is 10.1. The topological polar surface area (TPSA) is 49.4 Å². The first kappa shape index (κ1) is 19.4. The largest absolute Gasteiger partial charge is 0.352 e. The highest BCUT2D eigenvalue weighted by atomic mass is 19.1. The van der Waals surface area contributed by atoms with Gasteiger partial charge in [-0.3, -0.25) is 9.59 Å². The van der Waals surface area contributed by atoms with E-state index in [0.717, 1.165) is 16.8 Å². The molecule has 26 heavy (non-hydrogen) atoms. The van der Waals surface area contributed by atoms with Crippen LogP contribution in [0, 0.1) is 5.82 Å². The highest BCUT2D eigenvalue weighted by molar-refractivity contribution is 5.93. The SMILES string of the molecule is C=CCNC(=O)Cc1ccc(N(Cc2ccc(F)cc2)C(=O)CC)cc1. The number of amides is 2. The number of carbonyl (C=O) groups is 2. The average Bonchev–Trinajstić information content (AvgIpc) is 2.66. The lowest BCUT2D eigenvalue weighted by molar-refractivity contribution is -0.120. The summed E-state index contributed by atoms with van der Waals surface area (Å²) in [6, 6.07) is 13.4. The van der Waals surface area contributed by atoms with Crippen LogP contribution in [0.25, 0.3) is 0 Å². The molecule has 0 fully saturated rings. The number of carbonyl (C=O) groups excluding carboxylic acids is 2. The van der Waals surface area contributed by atoms with Gasteiger partial charge >= 0.3 is 0 Å². The van der Waals surface area contributed by atoms with E-state index in [4.69, 9.17) is 0 Å². The molecule has 0 aliphatic rings. The molecule has 2 aromatic carbocycles. The monoisotopic (exact) mass is 354 g/mol. The number of benzene rings is 2. The van der Waals surface area contributed by atoms with Gasteiger partial charge < -0.3 is 10.2 Å². The summed E-state index contributed by atoms with van der Waals surface area (Å²) >= 11 is 0. The van der Waals surface area contributed by atoms with Crippen molar-refractivity contribution in [3.05, 3.63) is 78.1 Å². The minimum absolute atomic E-state index is 0.0224. The Morgan fingerprint density at radius 1 is 1.08 bits per heavy atom. The Bertz CT molecular complexity index is 755. The second kappa shape index (κ2) is 9.51. The van der Waals surface area contributed by atoms with Crippen LogP contribution in [0.2, 0.25) is 0 Å². The van der Waals surface area contributed by atoms with Crippen LogP contribution in [0.5, 0.6) is 0 Å². The normalized spacial score (nSPS) is 10.2. The predicted octanol–water partition coefficient (Wildman–Crippen LogP) is 3.61. The van der Waals surface area contributed by atoms with E-state index in [1.807, 2.05) is 24.3 Å². The van der Waals surface area contributed by atoms with E-state index in [1.165, 1.54) is 12.1 Å².